The van der Waals surface area contributed by atoms with Crippen molar-refractivity contribution >= 4 is 5.91 Å². The van der Waals surface area contributed by atoms with Crippen LogP contribution in [0, 0.1) is 11.7 Å². The first-order valence-electron chi connectivity index (χ1n) is 10.5. The minimum atomic E-state index is -0.166. The van der Waals surface area contributed by atoms with Crippen molar-refractivity contribution < 1.29 is 13.9 Å². The third-order valence-electron chi connectivity index (χ3n) is 6.36. The van der Waals surface area contributed by atoms with Crippen molar-refractivity contribution in [1.82, 2.24) is 9.80 Å². The molecule has 1 atom stereocenters. The number of methoxy groups -OCH3 is 1. The van der Waals surface area contributed by atoms with Gasteiger partial charge in [-0.2, -0.15) is 0 Å². The Labute approximate surface area is 172 Å². The zero-order valence-corrected chi connectivity index (χ0v) is 17.0. The predicted octanol–water partition coefficient (Wildman–Crippen LogP) is 4.18. The average molecular weight is 397 g/mol. The topological polar surface area (TPSA) is 32.8 Å². The van der Waals surface area contributed by atoms with Gasteiger partial charge in [-0.1, -0.05) is 12.1 Å². The lowest BCUT2D eigenvalue weighted by molar-refractivity contribution is 0.0782. The second-order valence-electron chi connectivity index (χ2n) is 8.26. The highest BCUT2D eigenvalue weighted by molar-refractivity contribution is 5.94. The van der Waals surface area contributed by atoms with E-state index in [1.54, 1.807) is 19.2 Å². The minimum absolute atomic E-state index is 0.116. The van der Waals surface area contributed by atoms with E-state index in [9.17, 15) is 9.18 Å². The van der Waals surface area contributed by atoms with E-state index >= 15 is 0 Å². The molecule has 4 rings (SSSR count). The lowest BCUT2D eigenvalue weighted by atomic mass is 9.89. The van der Waals surface area contributed by atoms with Crippen LogP contribution in [-0.2, 0) is 0 Å². The fraction of sp³-hybridized carbons (Fsp3) is 0.458. The van der Waals surface area contributed by atoms with Gasteiger partial charge in [0.25, 0.3) is 5.91 Å². The third-order valence-corrected chi connectivity index (χ3v) is 6.36. The molecule has 5 heteroatoms. The monoisotopic (exact) mass is 396 g/mol. The van der Waals surface area contributed by atoms with Gasteiger partial charge in [0.1, 0.15) is 11.6 Å². The lowest BCUT2D eigenvalue weighted by Crippen LogP contribution is -2.37. The molecule has 0 N–H and O–H groups in total. The van der Waals surface area contributed by atoms with E-state index in [0.717, 1.165) is 63.3 Å². The standard InChI is InChI=1S/C24H29FN2O2/c1-29-23-8-4-21(5-9-23)24(28)27-15-10-18(17-27)16-26-13-11-20(12-14-26)19-2-6-22(25)7-3-19/h2-9,18,20H,10-17H2,1H3. The van der Waals surface area contributed by atoms with Gasteiger partial charge in [-0.15, -0.1) is 0 Å². The van der Waals surface area contributed by atoms with Gasteiger partial charge in [-0.25, -0.2) is 4.39 Å². The van der Waals surface area contributed by atoms with Gasteiger partial charge in [0, 0.05) is 25.2 Å². The van der Waals surface area contributed by atoms with Gasteiger partial charge in [-0.05, 0) is 86.1 Å². The molecule has 1 amide bonds. The number of carbonyl (C=O) groups is 1. The first kappa shape index (κ1) is 19.9. The molecule has 2 aliphatic rings. The summed E-state index contributed by atoms with van der Waals surface area (Å²) in [6.45, 7) is 4.88. The van der Waals surface area contributed by atoms with E-state index < -0.39 is 0 Å². The number of carbonyl (C=O) groups excluding carboxylic acids is 1. The van der Waals surface area contributed by atoms with Crippen LogP contribution in [0.3, 0.4) is 0 Å². The zero-order chi connectivity index (χ0) is 20.2. The number of halogens is 1. The summed E-state index contributed by atoms with van der Waals surface area (Å²) in [5.41, 5.74) is 1.98. The van der Waals surface area contributed by atoms with Crippen molar-refractivity contribution in [3.05, 3.63) is 65.5 Å². The van der Waals surface area contributed by atoms with Crippen molar-refractivity contribution in [3.8, 4) is 5.75 Å². The molecule has 2 fully saturated rings. The summed E-state index contributed by atoms with van der Waals surface area (Å²) in [5.74, 6) is 1.79. The van der Waals surface area contributed by atoms with E-state index in [1.807, 2.05) is 41.3 Å². The lowest BCUT2D eigenvalue weighted by Gasteiger charge is -2.33. The van der Waals surface area contributed by atoms with E-state index in [0.29, 0.717) is 11.8 Å². The van der Waals surface area contributed by atoms with Crippen LogP contribution in [0.4, 0.5) is 4.39 Å². The van der Waals surface area contributed by atoms with Crippen LogP contribution in [0.2, 0.25) is 0 Å². The minimum Gasteiger partial charge on any atom is -0.497 e. The number of amides is 1. The quantitative estimate of drug-likeness (QED) is 0.760. The third kappa shape index (κ3) is 4.78. The molecule has 2 heterocycles. The van der Waals surface area contributed by atoms with Gasteiger partial charge in [0.05, 0.1) is 7.11 Å². The molecule has 29 heavy (non-hydrogen) atoms. The molecule has 1 unspecified atom stereocenters. The Morgan fingerprint density at radius 2 is 1.69 bits per heavy atom. The smallest absolute Gasteiger partial charge is 0.253 e. The number of likely N-dealkylation sites (tertiary alicyclic amines) is 2. The Balaban J connectivity index is 1.25. The van der Waals surface area contributed by atoms with Crippen LogP contribution in [0.5, 0.6) is 5.75 Å². The highest BCUT2D eigenvalue weighted by Gasteiger charge is 2.29. The normalized spacial score (nSPS) is 20.8. The largest absolute Gasteiger partial charge is 0.497 e. The van der Waals surface area contributed by atoms with E-state index in [4.69, 9.17) is 4.74 Å². The molecule has 2 aromatic carbocycles. The first-order chi connectivity index (χ1) is 14.1. The van der Waals surface area contributed by atoms with Gasteiger partial charge < -0.3 is 14.5 Å². The molecule has 2 aliphatic heterocycles. The van der Waals surface area contributed by atoms with Crippen molar-refractivity contribution in [2.75, 3.05) is 39.8 Å². The van der Waals surface area contributed by atoms with Gasteiger partial charge in [0.15, 0.2) is 0 Å². The molecule has 154 valence electrons. The molecule has 2 aromatic rings. The number of hydrogen-bond acceptors (Lipinski definition) is 3. The van der Waals surface area contributed by atoms with Crippen LogP contribution in [0.25, 0.3) is 0 Å². The molecule has 0 spiro atoms. The Hall–Kier alpha value is -2.40. The average Bonchev–Trinajstić information content (AvgIpc) is 3.23. The SMILES string of the molecule is COc1ccc(C(=O)N2CCC(CN3CCC(c4ccc(F)cc4)CC3)C2)cc1. The molecule has 0 aliphatic carbocycles. The van der Waals surface area contributed by atoms with Gasteiger partial charge >= 0.3 is 0 Å². The van der Waals surface area contributed by atoms with Crippen molar-refractivity contribution in [1.29, 1.82) is 0 Å². The van der Waals surface area contributed by atoms with Crippen LogP contribution in [0.1, 0.15) is 41.1 Å². The van der Waals surface area contributed by atoms with Crippen molar-refractivity contribution in [2.45, 2.75) is 25.2 Å². The van der Waals surface area contributed by atoms with Gasteiger partial charge in [-0.3, -0.25) is 4.79 Å². The molecular weight excluding hydrogens is 367 g/mol. The molecule has 4 nitrogen and oxygen atoms in total. The van der Waals surface area contributed by atoms with E-state index in [1.165, 1.54) is 5.56 Å². The Kier molecular flexibility index (Phi) is 6.14. The van der Waals surface area contributed by atoms with E-state index in [2.05, 4.69) is 4.90 Å². The van der Waals surface area contributed by atoms with E-state index in [-0.39, 0.29) is 11.7 Å². The summed E-state index contributed by atoms with van der Waals surface area (Å²) in [7, 11) is 1.63. The molecular formula is C24H29FN2O2. The maximum atomic E-state index is 13.1. The zero-order valence-electron chi connectivity index (χ0n) is 17.0. The van der Waals surface area contributed by atoms with Gasteiger partial charge in [0.2, 0.25) is 0 Å². The number of rotatable bonds is 5. The Morgan fingerprint density at radius 3 is 2.34 bits per heavy atom. The first-order valence-corrected chi connectivity index (χ1v) is 10.5. The summed E-state index contributed by atoms with van der Waals surface area (Å²) in [4.78, 5) is 17.3. The Bertz CT molecular complexity index is 814. The number of hydrogen-bond donors (Lipinski definition) is 0. The summed E-state index contributed by atoms with van der Waals surface area (Å²) in [5, 5.41) is 0. The summed E-state index contributed by atoms with van der Waals surface area (Å²) < 4.78 is 18.3. The fourth-order valence-electron chi connectivity index (χ4n) is 4.63. The molecule has 0 radical (unpaired) electrons. The summed E-state index contributed by atoms with van der Waals surface area (Å²) >= 11 is 0. The van der Waals surface area contributed by atoms with Crippen LogP contribution < -0.4 is 4.74 Å². The van der Waals surface area contributed by atoms with Crippen LogP contribution in [-0.4, -0.2) is 55.5 Å². The maximum Gasteiger partial charge on any atom is 0.253 e. The van der Waals surface area contributed by atoms with Crippen molar-refractivity contribution in [3.63, 3.8) is 0 Å². The highest BCUT2D eigenvalue weighted by atomic mass is 19.1. The molecule has 2 saturated heterocycles. The second kappa shape index (κ2) is 8.95. The van der Waals surface area contributed by atoms with Crippen LogP contribution in [0.15, 0.2) is 48.5 Å². The second-order valence-corrected chi connectivity index (χ2v) is 8.26. The Morgan fingerprint density at radius 1 is 1.00 bits per heavy atom. The number of benzene rings is 2. The summed E-state index contributed by atoms with van der Waals surface area (Å²) in [6, 6.07) is 14.3. The predicted molar refractivity (Wildman–Crippen MR) is 112 cm³/mol. The van der Waals surface area contributed by atoms with Crippen molar-refractivity contribution in [2.24, 2.45) is 5.92 Å². The number of nitrogens with zero attached hydrogens (tertiary/aromatic N) is 2. The van der Waals surface area contributed by atoms with Crippen LogP contribution >= 0.6 is 0 Å². The summed E-state index contributed by atoms with van der Waals surface area (Å²) in [6.07, 6.45) is 3.31. The highest BCUT2D eigenvalue weighted by Crippen LogP contribution is 2.29. The number of ether oxygens (including phenoxy) is 1. The molecule has 0 bridgehead atoms. The fourth-order valence-corrected chi connectivity index (χ4v) is 4.63. The molecule has 0 aromatic heterocycles. The molecule has 0 saturated carbocycles. The number of piperidine rings is 1. The maximum absolute atomic E-state index is 13.1.